The minimum absolute atomic E-state index is 0.783. The number of halogens is 1. The van der Waals surface area contributed by atoms with Gasteiger partial charge in [-0.25, -0.2) is 0 Å². The molecule has 2 aliphatic rings. The predicted molar refractivity (Wildman–Crippen MR) is 71.2 cm³/mol. The monoisotopic (exact) mass is 289 g/mol. The maximum Gasteiger partial charge on any atom is 0.0469 e. The molecule has 0 saturated carbocycles. The second kappa shape index (κ2) is 6.97. The number of ether oxygens (including phenoxy) is 1. The average Bonchev–Trinajstić information content (AvgIpc) is 2.55. The minimum atomic E-state index is 0.783. The van der Waals surface area contributed by atoms with Gasteiger partial charge in [-0.3, -0.25) is 4.90 Å². The van der Waals surface area contributed by atoms with Crippen LogP contribution in [-0.4, -0.2) is 42.6 Å². The molecule has 2 nitrogen and oxygen atoms in total. The van der Waals surface area contributed by atoms with Crippen LogP contribution in [0.25, 0.3) is 0 Å². The lowest BCUT2D eigenvalue weighted by molar-refractivity contribution is 0.0475. The van der Waals surface area contributed by atoms with E-state index >= 15 is 0 Å². The van der Waals surface area contributed by atoms with Crippen LogP contribution in [0.5, 0.6) is 0 Å². The van der Waals surface area contributed by atoms with Crippen LogP contribution in [0, 0.1) is 5.92 Å². The summed E-state index contributed by atoms with van der Waals surface area (Å²) in [6.45, 7) is 4.59. The number of nitrogens with zero attached hydrogens (tertiary/aromatic N) is 1. The largest absolute Gasteiger partial charge is 0.381 e. The van der Waals surface area contributed by atoms with Crippen molar-refractivity contribution in [1.29, 1.82) is 0 Å². The third-order valence-electron chi connectivity index (χ3n) is 4.01. The molecule has 2 fully saturated rings. The van der Waals surface area contributed by atoms with Crippen molar-refractivity contribution in [3.8, 4) is 0 Å². The van der Waals surface area contributed by atoms with Gasteiger partial charge in [-0.05, 0) is 38.1 Å². The normalized spacial score (nSPS) is 30.2. The van der Waals surface area contributed by atoms with E-state index in [2.05, 4.69) is 20.8 Å². The summed E-state index contributed by atoms with van der Waals surface area (Å²) in [5, 5.41) is 1.15. The Labute approximate surface area is 108 Å². The van der Waals surface area contributed by atoms with E-state index in [0.717, 1.165) is 30.5 Å². The van der Waals surface area contributed by atoms with Gasteiger partial charge in [0.1, 0.15) is 0 Å². The van der Waals surface area contributed by atoms with Crippen molar-refractivity contribution in [3.05, 3.63) is 0 Å². The van der Waals surface area contributed by atoms with E-state index in [0.29, 0.717) is 0 Å². The fraction of sp³-hybridized carbons (Fsp3) is 1.00. The summed E-state index contributed by atoms with van der Waals surface area (Å²) in [5.41, 5.74) is 0. The standard InChI is InChI=1S/C13H24BrNO/c14-10-13-4-2-1-3-7-15(13)11-12-5-8-16-9-6-12/h12-13H,1-11H2. The summed E-state index contributed by atoms with van der Waals surface area (Å²) in [6, 6.07) is 0.783. The van der Waals surface area contributed by atoms with Crippen molar-refractivity contribution in [2.45, 2.75) is 44.6 Å². The lowest BCUT2D eigenvalue weighted by Gasteiger charge is -2.33. The Morgan fingerprint density at radius 2 is 1.88 bits per heavy atom. The third kappa shape index (κ3) is 3.71. The number of rotatable bonds is 3. The first-order valence-electron chi connectivity index (χ1n) is 6.78. The van der Waals surface area contributed by atoms with Gasteiger partial charge < -0.3 is 4.74 Å². The SMILES string of the molecule is BrCC1CCCCCN1CC1CCOCC1. The van der Waals surface area contributed by atoms with Gasteiger partial charge in [0.2, 0.25) is 0 Å². The first kappa shape index (κ1) is 12.8. The molecule has 0 amide bonds. The molecule has 0 spiro atoms. The van der Waals surface area contributed by atoms with Gasteiger partial charge in [0.25, 0.3) is 0 Å². The Bertz CT molecular complexity index is 194. The maximum absolute atomic E-state index is 5.44. The number of hydrogen-bond acceptors (Lipinski definition) is 2. The van der Waals surface area contributed by atoms with E-state index in [1.54, 1.807) is 0 Å². The second-order valence-corrected chi connectivity index (χ2v) is 5.86. The predicted octanol–water partition coefficient (Wildman–Crippen LogP) is 3.05. The van der Waals surface area contributed by atoms with Gasteiger partial charge in [0.05, 0.1) is 0 Å². The topological polar surface area (TPSA) is 12.5 Å². The maximum atomic E-state index is 5.44. The van der Waals surface area contributed by atoms with Crippen molar-refractivity contribution >= 4 is 15.9 Å². The first-order chi connectivity index (χ1) is 7.90. The molecule has 16 heavy (non-hydrogen) atoms. The zero-order chi connectivity index (χ0) is 11.2. The van der Waals surface area contributed by atoms with Gasteiger partial charge in [0.15, 0.2) is 0 Å². The Morgan fingerprint density at radius 1 is 1.06 bits per heavy atom. The number of likely N-dealkylation sites (tertiary alicyclic amines) is 1. The van der Waals surface area contributed by atoms with Gasteiger partial charge in [-0.15, -0.1) is 0 Å². The Kier molecular flexibility index (Phi) is 5.60. The summed E-state index contributed by atoms with van der Waals surface area (Å²) >= 11 is 3.68. The quantitative estimate of drug-likeness (QED) is 0.741. The van der Waals surface area contributed by atoms with Crippen LogP contribution in [0.2, 0.25) is 0 Å². The van der Waals surface area contributed by atoms with Crippen molar-refractivity contribution in [1.82, 2.24) is 4.90 Å². The van der Waals surface area contributed by atoms with Gasteiger partial charge in [0, 0.05) is 31.1 Å². The fourth-order valence-electron chi connectivity index (χ4n) is 2.91. The van der Waals surface area contributed by atoms with E-state index in [-0.39, 0.29) is 0 Å². The lowest BCUT2D eigenvalue weighted by atomic mass is 9.99. The summed E-state index contributed by atoms with van der Waals surface area (Å²) in [4.78, 5) is 2.73. The molecule has 1 atom stereocenters. The summed E-state index contributed by atoms with van der Waals surface area (Å²) in [5.74, 6) is 0.883. The van der Waals surface area contributed by atoms with Crippen LogP contribution in [-0.2, 0) is 4.74 Å². The molecular weight excluding hydrogens is 266 g/mol. The molecule has 2 saturated heterocycles. The van der Waals surface area contributed by atoms with Gasteiger partial charge in [-0.2, -0.15) is 0 Å². The van der Waals surface area contributed by atoms with Crippen molar-refractivity contribution < 1.29 is 4.74 Å². The van der Waals surface area contributed by atoms with Crippen molar-refractivity contribution in [2.24, 2.45) is 5.92 Å². The van der Waals surface area contributed by atoms with Crippen LogP contribution in [0.3, 0.4) is 0 Å². The Morgan fingerprint density at radius 3 is 2.62 bits per heavy atom. The molecule has 0 radical (unpaired) electrons. The molecule has 94 valence electrons. The van der Waals surface area contributed by atoms with Crippen LogP contribution >= 0.6 is 15.9 Å². The average molecular weight is 290 g/mol. The highest BCUT2D eigenvalue weighted by atomic mass is 79.9. The molecule has 2 aliphatic heterocycles. The molecule has 0 aromatic heterocycles. The van der Waals surface area contributed by atoms with Gasteiger partial charge in [-0.1, -0.05) is 28.8 Å². The van der Waals surface area contributed by atoms with Crippen LogP contribution in [0.1, 0.15) is 38.5 Å². The van der Waals surface area contributed by atoms with Crippen molar-refractivity contribution in [3.63, 3.8) is 0 Å². The molecule has 2 rings (SSSR count). The molecule has 2 heterocycles. The molecule has 0 N–H and O–H groups in total. The highest BCUT2D eigenvalue weighted by Crippen LogP contribution is 2.23. The van der Waals surface area contributed by atoms with E-state index in [9.17, 15) is 0 Å². The Balaban J connectivity index is 1.83. The van der Waals surface area contributed by atoms with Crippen molar-refractivity contribution in [2.75, 3.05) is 31.6 Å². The molecular formula is C13H24BrNO. The molecule has 0 aromatic rings. The molecule has 0 aromatic carbocycles. The third-order valence-corrected chi connectivity index (χ3v) is 4.76. The molecule has 1 unspecified atom stereocenters. The minimum Gasteiger partial charge on any atom is -0.381 e. The summed E-state index contributed by atoms with van der Waals surface area (Å²) in [6.07, 6.45) is 8.16. The van der Waals surface area contributed by atoms with E-state index in [4.69, 9.17) is 4.74 Å². The smallest absolute Gasteiger partial charge is 0.0469 e. The first-order valence-corrected chi connectivity index (χ1v) is 7.90. The second-order valence-electron chi connectivity index (χ2n) is 5.21. The van der Waals surface area contributed by atoms with Gasteiger partial charge >= 0.3 is 0 Å². The van der Waals surface area contributed by atoms with E-state index < -0.39 is 0 Å². The highest BCUT2D eigenvalue weighted by molar-refractivity contribution is 9.09. The zero-order valence-corrected chi connectivity index (χ0v) is 11.8. The fourth-order valence-corrected chi connectivity index (χ4v) is 3.65. The summed E-state index contributed by atoms with van der Waals surface area (Å²) in [7, 11) is 0. The number of alkyl halides is 1. The van der Waals surface area contributed by atoms with Crippen LogP contribution in [0.15, 0.2) is 0 Å². The highest BCUT2D eigenvalue weighted by Gasteiger charge is 2.24. The van der Waals surface area contributed by atoms with Crippen LogP contribution in [0.4, 0.5) is 0 Å². The summed E-state index contributed by atoms with van der Waals surface area (Å²) < 4.78 is 5.44. The molecule has 3 heteroatoms. The van der Waals surface area contributed by atoms with E-state index in [1.165, 1.54) is 51.6 Å². The van der Waals surface area contributed by atoms with E-state index in [1.807, 2.05) is 0 Å². The number of hydrogen-bond donors (Lipinski definition) is 0. The van der Waals surface area contributed by atoms with Crippen LogP contribution < -0.4 is 0 Å². The lowest BCUT2D eigenvalue weighted by Crippen LogP contribution is -2.40. The molecule has 0 aliphatic carbocycles. The zero-order valence-electron chi connectivity index (χ0n) is 10.2. The molecule has 0 bridgehead atoms. The Hall–Kier alpha value is 0.400.